The maximum absolute atomic E-state index is 12.0. The van der Waals surface area contributed by atoms with E-state index in [2.05, 4.69) is 10.6 Å². The molecule has 0 unspecified atom stereocenters. The van der Waals surface area contributed by atoms with Gasteiger partial charge in [0.15, 0.2) is 0 Å². The van der Waals surface area contributed by atoms with Gasteiger partial charge in [-0.2, -0.15) is 0 Å². The van der Waals surface area contributed by atoms with Crippen molar-refractivity contribution in [2.75, 3.05) is 45.9 Å². The van der Waals surface area contributed by atoms with Crippen molar-refractivity contribution in [3.63, 3.8) is 0 Å². The molecule has 2 saturated heterocycles. The number of amides is 1. The van der Waals surface area contributed by atoms with Crippen molar-refractivity contribution in [2.45, 2.75) is 12.5 Å². The monoisotopic (exact) mass is 213 g/mol. The molecular weight excluding hydrogens is 194 g/mol. The van der Waals surface area contributed by atoms with E-state index in [-0.39, 0.29) is 12.0 Å². The van der Waals surface area contributed by atoms with E-state index in [1.54, 1.807) is 0 Å². The van der Waals surface area contributed by atoms with Crippen LogP contribution >= 0.6 is 0 Å². The molecule has 2 aliphatic heterocycles. The molecule has 0 bridgehead atoms. The van der Waals surface area contributed by atoms with Crippen molar-refractivity contribution in [1.29, 1.82) is 0 Å². The molecule has 2 aliphatic rings. The number of rotatable bonds is 1. The number of hydrogen-bond acceptors (Lipinski definition) is 4. The lowest BCUT2D eigenvalue weighted by molar-refractivity contribution is -0.145. The zero-order valence-electron chi connectivity index (χ0n) is 9.00. The molecule has 2 rings (SSSR count). The van der Waals surface area contributed by atoms with Crippen LogP contribution in [0.15, 0.2) is 0 Å². The Hall–Kier alpha value is -0.650. The normalized spacial score (nSPS) is 28.5. The standard InChI is InChI=1S/C10H19N3O2/c14-10(9-8-12-4-7-15-9)13-5-1-2-11-3-6-13/h9,11-12H,1-8H2/t9-/m1/s1. The number of carbonyl (C=O) groups excluding carboxylic acids is 1. The van der Waals surface area contributed by atoms with Crippen LogP contribution in [0.4, 0.5) is 0 Å². The summed E-state index contributed by atoms with van der Waals surface area (Å²) >= 11 is 0. The Kier molecular flexibility index (Phi) is 3.94. The minimum atomic E-state index is -0.267. The van der Waals surface area contributed by atoms with Gasteiger partial charge in [0.1, 0.15) is 6.10 Å². The molecule has 1 amide bonds. The summed E-state index contributed by atoms with van der Waals surface area (Å²) in [6.07, 6.45) is 0.767. The maximum atomic E-state index is 12.0. The zero-order chi connectivity index (χ0) is 10.5. The first-order chi connectivity index (χ1) is 7.38. The summed E-state index contributed by atoms with van der Waals surface area (Å²) in [4.78, 5) is 14.0. The molecule has 2 heterocycles. The molecule has 15 heavy (non-hydrogen) atoms. The predicted molar refractivity (Wildman–Crippen MR) is 56.7 cm³/mol. The largest absolute Gasteiger partial charge is 0.366 e. The van der Waals surface area contributed by atoms with E-state index in [0.717, 1.165) is 39.1 Å². The van der Waals surface area contributed by atoms with Crippen LogP contribution < -0.4 is 10.6 Å². The van der Waals surface area contributed by atoms with E-state index in [9.17, 15) is 4.79 Å². The van der Waals surface area contributed by atoms with Crippen LogP contribution in [0.25, 0.3) is 0 Å². The van der Waals surface area contributed by atoms with Crippen molar-refractivity contribution in [1.82, 2.24) is 15.5 Å². The molecule has 0 aliphatic carbocycles. The van der Waals surface area contributed by atoms with Crippen molar-refractivity contribution in [2.24, 2.45) is 0 Å². The highest BCUT2D eigenvalue weighted by Crippen LogP contribution is 2.04. The lowest BCUT2D eigenvalue weighted by Crippen LogP contribution is -2.50. The summed E-state index contributed by atoms with van der Waals surface area (Å²) in [5, 5.41) is 6.47. The Morgan fingerprint density at radius 3 is 2.93 bits per heavy atom. The highest BCUT2D eigenvalue weighted by atomic mass is 16.5. The fourth-order valence-corrected chi connectivity index (χ4v) is 1.99. The molecule has 5 heteroatoms. The van der Waals surface area contributed by atoms with Crippen LogP contribution in [0.3, 0.4) is 0 Å². The third-order valence-electron chi connectivity index (χ3n) is 2.85. The Balaban J connectivity index is 1.87. The molecule has 0 aromatic carbocycles. The molecule has 0 aromatic rings. The molecule has 2 N–H and O–H groups in total. The number of ether oxygens (including phenoxy) is 1. The molecule has 0 spiro atoms. The number of carbonyl (C=O) groups is 1. The third kappa shape index (κ3) is 2.90. The average molecular weight is 213 g/mol. The average Bonchev–Trinajstić information content (AvgIpc) is 2.58. The number of morpholine rings is 1. The second kappa shape index (κ2) is 5.44. The Labute approximate surface area is 90.1 Å². The molecule has 0 aromatic heterocycles. The quantitative estimate of drug-likeness (QED) is 0.574. The van der Waals surface area contributed by atoms with Crippen LogP contribution in [0.1, 0.15) is 6.42 Å². The SMILES string of the molecule is O=C([C@H]1CNCCO1)N1CCCNCC1. The Bertz CT molecular complexity index is 209. The van der Waals surface area contributed by atoms with Crippen LogP contribution in [0.2, 0.25) is 0 Å². The minimum absolute atomic E-state index is 0.144. The van der Waals surface area contributed by atoms with Crippen LogP contribution in [0.5, 0.6) is 0 Å². The van der Waals surface area contributed by atoms with Gasteiger partial charge in [-0.1, -0.05) is 0 Å². The highest BCUT2D eigenvalue weighted by molar-refractivity contribution is 5.81. The van der Waals surface area contributed by atoms with Gasteiger partial charge in [-0.25, -0.2) is 0 Å². The van der Waals surface area contributed by atoms with E-state index in [4.69, 9.17) is 4.74 Å². The summed E-state index contributed by atoms with van der Waals surface area (Å²) in [5.74, 6) is 0.144. The van der Waals surface area contributed by atoms with Gasteiger partial charge in [-0.05, 0) is 13.0 Å². The van der Waals surface area contributed by atoms with Gasteiger partial charge < -0.3 is 20.3 Å². The summed E-state index contributed by atoms with van der Waals surface area (Å²) in [7, 11) is 0. The number of nitrogens with zero attached hydrogens (tertiary/aromatic N) is 1. The maximum Gasteiger partial charge on any atom is 0.253 e. The molecule has 86 valence electrons. The van der Waals surface area contributed by atoms with Gasteiger partial charge >= 0.3 is 0 Å². The summed E-state index contributed by atoms with van der Waals surface area (Å²) in [5.41, 5.74) is 0. The van der Waals surface area contributed by atoms with Gasteiger partial charge in [0.2, 0.25) is 0 Å². The summed E-state index contributed by atoms with van der Waals surface area (Å²) in [6, 6.07) is 0. The number of nitrogens with one attached hydrogen (secondary N) is 2. The fraction of sp³-hybridized carbons (Fsp3) is 0.900. The van der Waals surface area contributed by atoms with E-state index in [1.165, 1.54) is 0 Å². The van der Waals surface area contributed by atoms with Gasteiger partial charge in [-0.3, -0.25) is 4.79 Å². The first-order valence-electron chi connectivity index (χ1n) is 5.70. The van der Waals surface area contributed by atoms with Crippen LogP contribution in [-0.4, -0.2) is 62.8 Å². The first-order valence-corrected chi connectivity index (χ1v) is 5.70. The molecule has 0 saturated carbocycles. The molecule has 2 fully saturated rings. The Morgan fingerprint density at radius 2 is 2.13 bits per heavy atom. The van der Waals surface area contributed by atoms with E-state index >= 15 is 0 Å². The summed E-state index contributed by atoms with van der Waals surface area (Å²) < 4.78 is 5.46. The summed E-state index contributed by atoms with van der Waals surface area (Å²) in [6.45, 7) is 5.71. The van der Waals surface area contributed by atoms with Gasteiger partial charge in [-0.15, -0.1) is 0 Å². The van der Waals surface area contributed by atoms with E-state index < -0.39 is 0 Å². The second-order valence-corrected chi connectivity index (χ2v) is 3.99. The van der Waals surface area contributed by atoms with Crippen molar-refractivity contribution in [3.8, 4) is 0 Å². The van der Waals surface area contributed by atoms with Gasteiger partial charge in [0.25, 0.3) is 5.91 Å². The Morgan fingerprint density at radius 1 is 1.20 bits per heavy atom. The topological polar surface area (TPSA) is 53.6 Å². The van der Waals surface area contributed by atoms with E-state index in [0.29, 0.717) is 13.2 Å². The van der Waals surface area contributed by atoms with Gasteiger partial charge in [0.05, 0.1) is 6.61 Å². The highest BCUT2D eigenvalue weighted by Gasteiger charge is 2.26. The molecular formula is C10H19N3O2. The molecule has 0 radical (unpaired) electrons. The smallest absolute Gasteiger partial charge is 0.253 e. The van der Waals surface area contributed by atoms with Crippen molar-refractivity contribution in [3.05, 3.63) is 0 Å². The van der Waals surface area contributed by atoms with Crippen molar-refractivity contribution >= 4 is 5.91 Å². The zero-order valence-corrected chi connectivity index (χ0v) is 9.00. The third-order valence-corrected chi connectivity index (χ3v) is 2.85. The molecule has 1 atom stereocenters. The lowest BCUT2D eigenvalue weighted by Gasteiger charge is -2.28. The fourth-order valence-electron chi connectivity index (χ4n) is 1.99. The minimum Gasteiger partial charge on any atom is -0.366 e. The second-order valence-electron chi connectivity index (χ2n) is 3.99. The first kappa shape index (κ1) is 10.9. The lowest BCUT2D eigenvalue weighted by atomic mass is 10.2. The van der Waals surface area contributed by atoms with Gasteiger partial charge in [0, 0.05) is 32.7 Å². The molecule has 5 nitrogen and oxygen atoms in total. The van der Waals surface area contributed by atoms with E-state index in [1.807, 2.05) is 4.90 Å². The van der Waals surface area contributed by atoms with Crippen LogP contribution in [0, 0.1) is 0 Å². The predicted octanol–water partition coefficient (Wildman–Crippen LogP) is -1.20. The number of hydrogen-bond donors (Lipinski definition) is 2. The van der Waals surface area contributed by atoms with Crippen LogP contribution in [-0.2, 0) is 9.53 Å². The van der Waals surface area contributed by atoms with Crippen molar-refractivity contribution < 1.29 is 9.53 Å².